The zero-order valence-corrected chi connectivity index (χ0v) is 16.3. The Bertz CT molecular complexity index is 894. The van der Waals surface area contributed by atoms with E-state index in [2.05, 4.69) is 0 Å². The first-order valence-corrected chi connectivity index (χ1v) is 10.2. The molecule has 1 fully saturated rings. The number of hydrogen-bond acceptors (Lipinski definition) is 3. The Morgan fingerprint density at radius 2 is 1.58 bits per heavy atom. The van der Waals surface area contributed by atoms with Gasteiger partial charge in [-0.3, -0.25) is 4.90 Å². The lowest BCUT2D eigenvalue weighted by Gasteiger charge is -2.30. The molecule has 1 saturated heterocycles. The van der Waals surface area contributed by atoms with Crippen LogP contribution in [0.1, 0.15) is 31.0 Å². The highest BCUT2D eigenvalue weighted by atomic mass is 32.2. The monoisotopic (exact) mass is 372 g/mol. The summed E-state index contributed by atoms with van der Waals surface area (Å²) in [5.41, 5.74) is 1.92. The molecular weight excluding hydrogens is 348 g/mol. The summed E-state index contributed by atoms with van der Waals surface area (Å²) in [7, 11) is -1.96. The molecule has 1 aliphatic heterocycles. The van der Waals surface area contributed by atoms with Gasteiger partial charge in [-0.1, -0.05) is 48.0 Å². The average molecular weight is 372 g/mol. The number of likely N-dealkylation sites (N-methyl/N-ethyl adjacent to an activating group) is 1. The SMILES string of the molecule is Cc1ccc(S(=O)(=O)C(C)N2C(=O)N(C)C(C)C2c2ccccc2)cc1. The summed E-state index contributed by atoms with van der Waals surface area (Å²) in [6.45, 7) is 5.45. The van der Waals surface area contributed by atoms with Crippen LogP contribution in [0.4, 0.5) is 4.79 Å². The van der Waals surface area contributed by atoms with E-state index < -0.39 is 15.2 Å². The first kappa shape index (κ1) is 18.5. The van der Waals surface area contributed by atoms with Gasteiger partial charge in [-0.05, 0) is 38.5 Å². The van der Waals surface area contributed by atoms with E-state index in [0.717, 1.165) is 11.1 Å². The van der Waals surface area contributed by atoms with Crippen LogP contribution in [0.25, 0.3) is 0 Å². The molecule has 1 heterocycles. The Morgan fingerprint density at radius 3 is 2.15 bits per heavy atom. The third-order valence-corrected chi connectivity index (χ3v) is 7.28. The second-order valence-corrected chi connectivity index (χ2v) is 9.10. The molecule has 6 heteroatoms. The topological polar surface area (TPSA) is 57.7 Å². The molecular formula is C20H24N2O3S. The highest BCUT2D eigenvalue weighted by Gasteiger charge is 2.47. The van der Waals surface area contributed by atoms with E-state index in [9.17, 15) is 13.2 Å². The molecule has 0 spiro atoms. The third-order valence-electron chi connectivity index (χ3n) is 5.22. The lowest BCUT2D eigenvalue weighted by molar-refractivity contribution is 0.187. The molecule has 3 atom stereocenters. The van der Waals surface area contributed by atoms with Crippen LogP contribution in [0, 0.1) is 6.92 Å². The summed E-state index contributed by atoms with van der Waals surface area (Å²) in [5, 5.41) is -0.963. The highest BCUT2D eigenvalue weighted by Crippen LogP contribution is 2.38. The van der Waals surface area contributed by atoms with Crippen LogP contribution in [-0.2, 0) is 9.84 Å². The number of sulfone groups is 1. The van der Waals surface area contributed by atoms with Crippen molar-refractivity contribution in [3.8, 4) is 0 Å². The standard InChI is InChI=1S/C20H24N2O3S/c1-14-10-12-18(13-11-14)26(24,25)16(3)22-19(15(2)21(4)20(22)23)17-8-6-5-7-9-17/h5-13,15-16,19H,1-4H3. The van der Waals surface area contributed by atoms with E-state index in [1.807, 2.05) is 44.2 Å². The van der Waals surface area contributed by atoms with Gasteiger partial charge in [0.15, 0.2) is 9.84 Å². The molecule has 0 saturated carbocycles. The average Bonchev–Trinajstić information content (AvgIpc) is 2.86. The number of carbonyl (C=O) groups is 1. The maximum atomic E-state index is 13.2. The van der Waals surface area contributed by atoms with Crippen molar-refractivity contribution in [2.24, 2.45) is 0 Å². The van der Waals surface area contributed by atoms with Gasteiger partial charge >= 0.3 is 6.03 Å². The van der Waals surface area contributed by atoms with Crippen molar-refractivity contribution < 1.29 is 13.2 Å². The quantitative estimate of drug-likeness (QED) is 0.824. The number of hydrogen-bond donors (Lipinski definition) is 0. The zero-order valence-electron chi connectivity index (χ0n) is 15.5. The first-order chi connectivity index (χ1) is 12.2. The summed E-state index contributed by atoms with van der Waals surface area (Å²) in [4.78, 5) is 16.2. The predicted molar refractivity (Wildman–Crippen MR) is 101 cm³/mol. The van der Waals surface area contributed by atoms with Crippen LogP contribution >= 0.6 is 0 Å². The molecule has 0 N–H and O–H groups in total. The molecule has 5 nitrogen and oxygen atoms in total. The Labute approximate surface area is 155 Å². The Morgan fingerprint density at radius 1 is 1.00 bits per heavy atom. The van der Waals surface area contributed by atoms with Gasteiger partial charge in [0, 0.05) is 7.05 Å². The van der Waals surface area contributed by atoms with E-state index in [0.29, 0.717) is 0 Å². The number of benzene rings is 2. The minimum atomic E-state index is -3.68. The van der Waals surface area contributed by atoms with Gasteiger partial charge in [-0.25, -0.2) is 13.2 Å². The molecule has 0 radical (unpaired) electrons. The maximum Gasteiger partial charge on any atom is 0.321 e. The van der Waals surface area contributed by atoms with Crippen molar-refractivity contribution in [1.29, 1.82) is 0 Å². The summed E-state index contributed by atoms with van der Waals surface area (Å²) in [6, 6.07) is 15.6. The van der Waals surface area contributed by atoms with E-state index in [1.165, 1.54) is 4.90 Å². The van der Waals surface area contributed by atoms with Gasteiger partial charge < -0.3 is 4.90 Å². The van der Waals surface area contributed by atoms with Crippen LogP contribution in [0.3, 0.4) is 0 Å². The van der Waals surface area contributed by atoms with Crippen molar-refractivity contribution in [2.75, 3.05) is 7.05 Å². The van der Waals surface area contributed by atoms with Crippen LogP contribution in [-0.4, -0.2) is 42.7 Å². The molecule has 3 rings (SSSR count). The summed E-state index contributed by atoms with van der Waals surface area (Å²) >= 11 is 0. The first-order valence-electron chi connectivity index (χ1n) is 8.66. The summed E-state index contributed by atoms with van der Waals surface area (Å²) < 4.78 is 26.3. The minimum Gasteiger partial charge on any atom is -0.323 e. The molecule has 3 unspecified atom stereocenters. The summed E-state index contributed by atoms with van der Waals surface area (Å²) in [5.74, 6) is 0. The van der Waals surface area contributed by atoms with E-state index in [1.54, 1.807) is 43.1 Å². The smallest absolute Gasteiger partial charge is 0.321 e. The van der Waals surface area contributed by atoms with Gasteiger partial charge in [-0.2, -0.15) is 0 Å². The Balaban J connectivity index is 2.04. The fourth-order valence-electron chi connectivity index (χ4n) is 3.46. The normalized spacial score (nSPS) is 21.9. The number of rotatable bonds is 4. The molecule has 0 aromatic heterocycles. The second kappa shape index (κ2) is 6.76. The minimum absolute atomic E-state index is 0.124. The van der Waals surface area contributed by atoms with Crippen molar-refractivity contribution in [3.05, 3.63) is 65.7 Å². The number of carbonyl (C=O) groups excluding carboxylic acids is 1. The molecule has 2 amide bonds. The number of aryl methyl sites for hydroxylation is 1. The van der Waals surface area contributed by atoms with Gasteiger partial charge in [0.25, 0.3) is 0 Å². The van der Waals surface area contributed by atoms with E-state index in [-0.39, 0.29) is 23.0 Å². The number of nitrogens with zero attached hydrogens (tertiary/aromatic N) is 2. The van der Waals surface area contributed by atoms with Gasteiger partial charge in [-0.15, -0.1) is 0 Å². The molecule has 0 aliphatic carbocycles. The van der Waals surface area contributed by atoms with Crippen molar-refractivity contribution in [1.82, 2.24) is 9.80 Å². The highest BCUT2D eigenvalue weighted by molar-refractivity contribution is 7.92. The van der Waals surface area contributed by atoms with Crippen molar-refractivity contribution in [3.63, 3.8) is 0 Å². The van der Waals surface area contributed by atoms with Gasteiger partial charge in [0.05, 0.1) is 17.0 Å². The van der Waals surface area contributed by atoms with Gasteiger partial charge in [0.2, 0.25) is 0 Å². The molecule has 1 aliphatic rings. The third kappa shape index (κ3) is 2.98. The Kier molecular flexibility index (Phi) is 4.80. The fourth-order valence-corrected chi connectivity index (χ4v) is 4.89. The largest absolute Gasteiger partial charge is 0.323 e. The maximum absolute atomic E-state index is 13.2. The second-order valence-electron chi connectivity index (χ2n) is 6.85. The molecule has 26 heavy (non-hydrogen) atoms. The van der Waals surface area contributed by atoms with E-state index in [4.69, 9.17) is 0 Å². The van der Waals surface area contributed by atoms with Crippen LogP contribution in [0.2, 0.25) is 0 Å². The van der Waals surface area contributed by atoms with Gasteiger partial charge in [0.1, 0.15) is 5.37 Å². The molecule has 2 aromatic carbocycles. The molecule has 138 valence electrons. The molecule has 0 bridgehead atoms. The predicted octanol–water partition coefficient (Wildman–Crippen LogP) is 3.61. The zero-order chi connectivity index (χ0) is 19.1. The van der Waals surface area contributed by atoms with Crippen LogP contribution in [0.5, 0.6) is 0 Å². The van der Waals surface area contributed by atoms with Crippen LogP contribution in [0.15, 0.2) is 59.5 Å². The van der Waals surface area contributed by atoms with Crippen LogP contribution < -0.4 is 0 Å². The lowest BCUT2D eigenvalue weighted by Crippen LogP contribution is -2.42. The number of urea groups is 1. The van der Waals surface area contributed by atoms with E-state index >= 15 is 0 Å². The van der Waals surface area contributed by atoms with Crippen molar-refractivity contribution >= 4 is 15.9 Å². The lowest BCUT2D eigenvalue weighted by atomic mass is 10.0. The summed E-state index contributed by atoms with van der Waals surface area (Å²) in [6.07, 6.45) is 0. The number of amides is 2. The van der Waals surface area contributed by atoms with Crippen molar-refractivity contribution in [2.45, 2.75) is 43.1 Å². The molecule has 2 aromatic rings. The Hall–Kier alpha value is -2.34. The fraction of sp³-hybridized carbons (Fsp3) is 0.350.